The first-order valence-corrected chi connectivity index (χ1v) is 8.94. The highest BCUT2D eigenvalue weighted by atomic mass is 16.5. The Labute approximate surface area is 147 Å². The van der Waals surface area contributed by atoms with E-state index < -0.39 is 0 Å². The molecule has 1 aliphatic carbocycles. The topological polar surface area (TPSA) is 77.5 Å². The Balaban J connectivity index is 1.30. The van der Waals surface area contributed by atoms with Crippen molar-refractivity contribution < 1.29 is 13.9 Å². The summed E-state index contributed by atoms with van der Waals surface area (Å²) >= 11 is 0. The van der Waals surface area contributed by atoms with Crippen molar-refractivity contribution in [3.05, 3.63) is 47.7 Å². The average molecular weight is 340 g/mol. The second kappa shape index (κ2) is 6.65. The third kappa shape index (κ3) is 3.22. The highest BCUT2D eigenvalue weighted by molar-refractivity contribution is 5.77. The van der Waals surface area contributed by atoms with Crippen LogP contribution < -0.4 is 11.1 Å². The molecule has 4 rings (SSSR count). The van der Waals surface area contributed by atoms with E-state index in [4.69, 9.17) is 14.9 Å². The fourth-order valence-corrected chi connectivity index (χ4v) is 3.81. The SMILES string of the molecule is Cc1ccc(-c2ccc(CCC(=O)N[C@@H]3[C@@H](N)[C@H]4CCO[C@H]43)o2)cc1. The van der Waals surface area contributed by atoms with Gasteiger partial charge in [0.2, 0.25) is 5.91 Å². The van der Waals surface area contributed by atoms with E-state index in [0.29, 0.717) is 18.8 Å². The van der Waals surface area contributed by atoms with E-state index in [9.17, 15) is 4.79 Å². The van der Waals surface area contributed by atoms with Crippen molar-refractivity contribution >= 4 is 5.91 Å². The summed E-state index contributed by atoms with van der Waals surface area (Å²) in [5.74, 6) is 2.06. The number of hydrogen-bond donors (Lipinski definition) is 2. The van der Waals surface area contributed by atoms with E-state index in [-0.39, 0.29) is 24.1 Å². The molecule has 5 heteroatoms. The lowest BCUT2D eigenvalue weighted by atomic mass is 9.72. The molecule has 1 saturated heterocycles. The second-order valence-corrected chi connectivity index (χ2v) is 7.09. The Morgan fingerprint density at radius 1 is 1.24 bits per heavy atom. The van der Waals surface area contributed by atoms with Gasteiger partial charge in [0, 0.05) is 37.0 Å². The molecule has 4 atom stereocenters. The molecule has 0 radical (unpaired) electrons. The number of aryl methyl sites for hydroxylation is 2. The van der Waals surface area contributed by atoms with Crippen molar-refractivity contribution in [1.29, 1.82) is 0 Å². The van der Waals surface area contributed by atoms with Crippen LogP contribution in [0, 0.1) is 12.8 Å². The summed E-state index contributed by atoms with van der Waals surface area (Å²) in [6, 6.07) is 12.1. The fraction of sp³-hybridized carbons (Fsp3) is 0.450. The summed E-state index contributed by atoms with van der Waals surface area (Å²) in [5.41, 5.74) is 8.39. The summed E-state index contributed by atoms with van der Waals surface area (Å²) in [4.78, 5) is 12.2. The molecule has 2 aliphatic rings. The number of carbonyl (C=O) groups is 1. The quantitative estimate of drug-likeness (QED) is 0.876. The molecule has 1 saturated carbocycles. The molecule has 0 spiro atoms. The van der Waals surface area contributed by atoms with Gasteiger partial charge in [0.25, 0.3) is 0 Å². The number of rotatable bonds is 5. The maximum Gasteiger partial charge on any atom is 0.220 e. The molecule has 2 aromatic rings. The number of amides is 1. The zero-order chi connectivity index (χ0) is 17.4. The van der Waals surface area contributed by atoms with E-state index in [1.54, 1.807) is 0 Å². The Morgan fingerprint density at radius 3 is 2.84 bits per heavy atom. The highest BCUT2D eigenvalue weighted by Gasteiger charge is 2.52. The first-order chi connectivity index (χ1) is 12.1. The molecule has 1 aromatic heterocycles. The zero-order valence-corrected chi connectivity index (χ0v) is 14.4. The fourth-order valence-electron chi connectivity index (χ4n) is 3.81. The lowest BCUT2D eigenvalue weighted by molar-refractivity contribution is -0.125. The number of fused-ring (bicyclic) bond motifs is 1. The minimum absolute atomic E-state index is 0.00249. The number of nitrogens with two attached hydrogens (primary N) is 1. The third-order valence-corrected chi connectivity index (χ3v) is 5.37. The first-order valence-electron chi connectivity index (χ1n) is 8.94. The van der Waals surface area contributed by atoms with Crippen LogP contribution in [0.1, 0.15) is 24.2 Å². The van der Waals surface area contributed by atoms with Crippen molar-refractivity contribution in [3.8, 4) is 11.3 Å². The summed E-state index contributed by atoms with van der Waals surface area (Å²) < 4.78 is 11.5. The van der Waals surface area contributed by atoms with Crippen LogP contribution in [0.2, 0.25) is 0 Å². The number of hydrogen-bond acceptors (Lipinski definition) is 4. The monoisotopic (exact) mass is 340 g/mol. The standard InChI is InChI=1S/C20H24N2O3/c1-12-2-4-13(5-3-12)16-8-6-14(25-16)7-9-17(23)22-19-18(21)15-10-11-24-20(15)19/h2-6,8,15,18-20H,7,9-11,21H2,1H3,(H,22,23)/t15-,18+,19-,20-/m1/s1. The van der Waals surface area contributed by atoms with Gasteiger partial charge in [0.05, 0.1) is 12.1 Å². The van der Waals surface area contributed by atoms with Gasteiger partial charge in [-0.05, 0) is 25.5 Å². The Bertz CT molecular complexity index is 753. The molecule has 2 heterocycles. The lowest BCUT2D eigenvalue weighted by Crippen LogP contribution is -2.68. The van der Waals surface area contributed by atoms with Crippen molar-refractivity contribution in [1.82, 2.24) is 5.32 Å². The molecule has 1 aliphatic heterocycles. The number of carbonyl (C=O) groups excluding carboxylic acids is 1. The van der Waals surface area contributed by atoms with E-state index in [1.807, 2.05) is 24.3 Å². The molecule has 5 nitrogen and oxygen atoms in total. The Morgan fingerprint density at radius 2 is 2.04 bits per heavy atom. The Kier molecular flexibility index (Phi) is 4.36. The van der Waals surface area contributed by atoms with Crippen LogP contribution in [0.4, 0.5) is 0 Å². The molecular weight excluding hydrogens is 316 g/mol. The lowest BCUT2D eigenvalue weighted by Gasteiger charge is -2.45. The molecule has 1 aromatic carbocycles. The molecule has 0 unspecified atom stereocenters. The van der Waals surface area contributed by atoms with Crippen LogP contribution in [0.25, 0.3) is 11.3 Å². The van der Waals surface area contributed by atoms with Crippen molar-refractivity contribution in [3.63, 3.8) is 0 Å². The first kappa shape index (κ1) is 16.4. The molecular formula is C20H24N2O3. The number of ether oxygens (including phenoxy) is 1. The third-order valence-electron chi connectivity index (χ3n) is 5.37. The van der Waals surface area contributed by atoms with Gasteiger partial charge in [-0.25, -0.2) is 0 Å². The Hall–Kier alpha value is -2.11. The molecule has 25 heavy (non-hydrogen) atoms. The molecule has 3 N–H and O–H groups in total. The zero-order valence-electron chi connectivity index (χ0n) is 14.4. The molecule has 0 bridgehead atoms. The number of furan rings is 1. The molecule has 1 amide bonds. The minimum atomic E-state index is -0.0419. The van der Waals surface area contributed by atoms with Gasteiger partial charge in [-0.1, -0.05) is 29.8 Å². The van der Waals surface area contributed by atoms with Crippen LogP contribution in [-0.2, 0) is 16.0 Å². The number of benzene rings is 1. The molecule has 2 fully saturated rings. The maximum absolute atomic E-state index is 12.2. The van der Waals surface area contributed by atoms with Crippen molar-refractivity contribution in [2.75, 3.05) is 6.61 Å². The van der Waals surface area contributed by atoms with Crippen LogP contribution in [0.15, 0.2) is 40.8 Å². The van der Waals surface area contributed by atoms with E-state index in [1.165, 1.54) is 5.56 Å². The summed E-state index contributed by atoms with van der Waals surface area (Å²) in [6.07, 6.45) is 2.08. The maximum atomic E-state index is 12.2. The van der Waals surface area contributed by atoms with Gasteiger partial charge in [0.1, 0.15) is 11.5 Å². The summed E-state index contributed by atoms with van der Waals surface area (Å²) in [7, 11) is 0. The molecule has 132 valence electrons. The highest BCUT2D eigenvalue weighted by Crippen LogP contribution is 2.37. The van der Waals surface area contributed by atoms with Crippen molar-refractivity contribution in [2.45, 2.75) is 44.4 Å². The van der Waals surface area contributed by atoms with Crippen molar-refractivity contribution in [2.24, 2.45) is 11.7 Å². The van der Waals surface area contributed by atoms with Gasteiger partial charge in [-0.15, -0.1) is 0 Å². The smallest absolute Gasteiger partial charge is 0.220 e. The minimum Gasteiger partial charge on any atom is -0.461 e. The predicted molar refractivity (Wildman–Crippen MR) is 95.0 cm³/mol. The largest absolute Gasteiger partial charge is 0.461 e. The van der Waals surface area contributed by atoms with Gasteiger partial charge >= 0.3 is 0 Å². The second-order valence-electron chi connectivity index (χ2n) is 7.09. The average Bonchev–Trinajstić information content (AvgIpc) is 3.26. The number of nitrogens with one attached hydrogen (secondary N) is 1. The van der Waals surface area contributed by atoms with Gasteiger partial charge in [0.15, 0.2) is 0 Å². The normalized spacial score (nSPS) is 27.6. The van der Waals surface area contributed by atoms with Crippen LogP contribution in [0.3, 0.4) is 0 Å². The van der Waals surface area contributed by atoms with Crippen LogP contribution in [-0.4, -0.2) is 30.7 Å². The van der Waals surface area contributed by atoms with Gasteiger partial charge in [-0.2, -0.15) is 0 Å². The van der Waals surface area contributed by atoms with Gasteiger partial charge < -0.3 is 20.2 Å². The van der Waals surface area contributed by atoms with E-state index in [0.717, 1.165) is 30.1 Å². The summed E-state index contributed by atoms with van der Waals surface area (Å²) in [6.45, 7) is 2.81. The van der Waals surface area contributed by atoms with E-state index in [2.05, 4.69) is 24.4 Å². The van der Waals surface area contributed by atoms with Crippen LogP contribution >= 0.6 is 0 Å². The predicted octanol–water partition coefficient (Wildman–Crippen LogP) is 2.42. The van der Waals surface area contributed by atoms with Gasteiger partial charge in [-0.3, -0.25) is 4.79 Å². The van der Waals surface area contributed by atoms with E-state index >= 15 is 0 Å². The van der Waals surface area contributed by atoms with Crippen LogP contribution in [0.5, 0.6) is 0 Å². The summed E-state index contributed by atoms with van der Waals surface area (Å²) in [5, 5.41) is 3.02.